The zero-order chi connectivity index (χ0) is 30.1. The van der Waals surface area contributed by atoms with Crippen molar-refractivity contribution in [3.8, 4) is 11.5 Å². The van der Waals surface area contributed by atoms with Gasteiger partial charge in [0.2, 0.25) is 19.9 Å². The van der Waals surface area contributed by atoms with Crippen molar-refractivity contribution in [3.05, 3.63) is 150 Å². The minimum Gasteiger partial charge on any atom is -0.485 e. The molecule has 9 heteroatoms. The van der Waals surface area contributed by atoms with Crippen molar-refractivity contribution in [2.75, 3.05) is 6.54 Å². The molecule has 0 bridgehead atoms. The lowest BCUT2D eigenvalue weighted by Gasteiger charge is -2.15. The molecule has 0 amide bonds. The molecule has 0 spiro atoms. The van der Waals surface area contributed by atoms with Gasteiger partial charge in [0.05, 0.1) is 14.7 Å². The van der Waals surface area contributed by atoms with Gasteiger partial charge in [-0.25, -0.2) is 21.6 Å². The van der Waals surface area contributed by atoms with Crippen molar-refractivity contribution < 1.29 is 26.3 Å². The number of ether oxygens (including phenoxy) is 2. The first-order chi connectivity index (χ1) is 20.8. The lowest BCUT2D eigenvalue weighted by atomic mass is 10.1. The number of hydrogen-bond donors (Lipinski definition) is 1. The Morgan fingerprint density at radius 1 is 0.488 bits per heavy atom. The summed E-state index contributed by atoms with van der Waals surface area (Å²) in [6.45, 7) is 0.821. The van der Waals surface area contributed by atoms with Crippen LogP contribution in [0.25, 0.3) is 0 Å². The molecule has 220 valence electrons. The van der Waals surface area contributed by atoms with Gasteiger partial charge >= 0.3 is 0 Å². The van der Waals surface area contributed by atoms with Gasteiger partial charge in [-0.1, -0.05) is 91.0 Å². The van der Waals surface area contributed by atoms with Crippen LogP contribution in [0.4, 0.5) is 0 Å². The third kappa shape index (κ3) is 7.90. The Hall–Kier alpha value is -4.44. The first-order valence-corrected chi connectivity index (χ1v) is 16.6. The van der Waals surface area contributed by atoms with Crippen LogP contribution in [0.2, 0.25) is 0 Å². The van der Waals surface area contributed by atoms with E-state index in [0.717, 1.165) is 16.7 Å². The first-order valence-electron chi connectivity index (χ1n) is 13.7. The van der Waals surface area contributed by atoms with E-state index >= 15 is 0 Å². The fraction of sp³-hybridized carbons (Fsp3) is 0.118. The number of hydrogen-bond acceptors (Lipinski definition) is 6. The van der Waals surface area contributed by atoms with Crippen molar-refractivity contribution >= 4 is 19.9 Å². The van der Waals surface area contributed by atoms with Crippen LogP contribution in [0.5, 0.6) is 11.5 Å². The molecule has 7 nitrogen and oxygen atoms in total. The summed E-state index contributed by atoms with van der Waals surface area (Å²) in [5, 5.41) is 0. The Bertz CT molecular complexity index is 1860. The molecule has 5 rings (SSSR count). The summed E-state index contributed by atoms with van der Waals surface area (Å²) in [5.74, 6) is 1.14. The maximum atomic E-state index is 13.1. The van der Waals surface area contributed by atoms with Gasteiger partial charge in [0.15, 0.2) is 11.5 Å². The van der Waals surface area contributed by atoms with E-state index in [1.165, 1.54) is 36.4 Å². The van der Waals surface area contributed by atoms with Crippen molar-refractivity contribution in [2.45, 2.75) is 34.3 Å². The number of sulfone groups is 1. The molecule has 0 atom stereocenters. The molecule has 5 aromatic carbocycles. The summed E-state index contributed by atoms with van der Waals surface area (Å²) in [6.07, 6.45) is 0.377. The third-order valence-corrected chi connectivity index (χ3v) is 9.89. The summed E-state index contributed by atoms with van der Waals surface area (Å²) in [7, 11) is -7.83. The van der Waals surface area contributed by atoms with E-state index in [2.05, 4.69) is 4.72 Å². The smallest absolute Gasteiger partial charge is 0.240 e. The molecule has 43 heavy (non-hydrogen) atoms. The average molecular weight is 614 g/mol. The minimum atomic E-state index is -3.97. The predicted molar refractivity (Wildman–Crippen MR) is 165 cm³/mol. The largest absolute Gasteiger partial charge is 0.485 e. The summed E-state index contributed by atoms with van der Waals surface area (Å²) in [5.41, 5.74) is 2.88. The average Bonchev–Trinajstić information content (AvgIpc) is 3.04. The number of nitrogens with one attached hydrogen (secondary N) is 1. The zero-order valence-electron chi connectivity index (χ0n) is 23.3. The van der Waals surface area contributed by atoms with Gasteiger partial charge in [-0.3, -0.25) is 0 Å². The molecular formula is C34H31NO6S2. The maximum absolute atomic E-state index is 13.1. The molecule has 0 aliphatic heterocycles. The van der Waals surface area contributed by atoms with Crippen LogP contribution < -0.4 is 14.2 Å². The van der Waals surface area contributed by atoms with E-state index < -0.39 is 19.9 Å². The molecule has 0 radical (unpaired) electrons. The molecule has 1 N–H and O–H groups in total. The fourth-order valence-electron chi connectivity index (χ4n) is 4.37. The van der Waals surface area contributed by atoms with Crippen LogP contribution in [0.3, 0.4) is 0 Å². The fourth-order valence-corrected chi connectivity index (χ4v) is 6.85. The van der Waals surface area contributed by atoms with E-state index in [9.17, 15) is 16.8 Å². The monoisotopic (exact) mass is 613 g/mol. The Labute approximate surface area is 252 Å². The molecule has 0 saturated heterocycles. The van der Waals surface area contributed by atoms with Crippen LogP contribution in [0.15, 0.2) is 148 Å². The first kappa shape index (κ1) is 30.0. The summed E-state index contributed by atoms with van der Waals surface area (Å²) in [4.78, 5) is -0.118. The van der Waals surface area contributed by atoms with Gasteiger partial charge in [-0.2, -0.15) is 0 Å². The van der Waals surface area contributed by atoms with Gasteiger partial charge < -0.3 is 9.47 Å². The lowest BCUT2D eigenvalue weighted by Crippen LogP contribution is -2.26. The number of sulfonamides is 1. The van der Waals surface area contributed by atoms with Gasteiger partial charge in [0, 0.05) is 6.54 Å². The van der Waals surface area contributed by atoms with Gasteiger partial charge in [-0.15, -0.1) is 0 Å². The van der Waals surface area contributed by atoms with E-state index in [0.29, 0.717) is 31.1 Å². The van der Waals surface area contributed by atoms with Gasteiger partial charge in [0.1, 0.15) is 13.2 Å². The van der Waals surface area contributed by atoms with Crippen LogP contribution in [0, 0.1) is 0 Å². The van der Waals surface area contributed by atoms with E-state index in [1.54, 1.807) is 18.2 Å². The lowest BCUT2D eigenvalue weighted by molar-refractivity contribution is 0.255. The summed E-state index contributed by atoms with van der Waals surface area (Å²) >= 11 is 0. The molecule has 0 aliphatic rings. The molecule has 0 aliphatic carbocycles. The normalized spacial score (nSPS) is 11.6. The van der Waals surface area contributed by atoms with Crippen LogP contribution in [0.1, 0.15) is 16.7 Å². The number of benzene rings is 5. The molecular weight excluding hydrogens is 583 g/mol. The second-order valence-corrected chi connectivity index (χ2v) is 13.5. The van der Waals surface area contributed by atoms with Crippen molar-refractivity contribution in [1.29, 1.82) is 0 Å². The zero-order valence-corrected chi connectivity index (χ0v) is 24.9. The third-order valence-electron chi connectivity index (χ3n) is 6.67. The van der Waals surface area contributed by atoms with Crippen LogP contribution in [-0.4, -0.2) is 23.4 Å². The highest BCUT2D eigenvalue weighted by Crippen LogP contribution is 2.30. The van der Waals surface area contributed by atoms with E-state index in [1.807, 2.05) is 78.9 Å². The van der Waals surface area contributed by atoms with Crippen molar-refractivity contribution in [1.82, 2.24) is 4.72 Å². The highest BCUT2D eigenvalue weighted by atomic mass is 32.2. The highest BCUT2D eigenvalue weighted by Gasteiger charge is 2.21. The van der Waals surface area contributed by atoms with Crippen molar-refractivity contribution in [2.24, 2.45) is 0 Å². The standard InChI is InChI=1S/C34H31NO6S2/c36-42(37,30-15-8-3-9-16-30)31-17-10-18-32(24-31)43(38,39)35-22-21-27-19-20-33(40-25-28-11-4-1-5-12-28)34(23-27)41-26-29-13-6-2-7-14-29/h1-20,23-24,35H,21-22,25-26H2. The minimum absolute atomic E-state index is 0.0899. The Balaban J connectivity index is 1.28. The Kier molecular flexibility index (Phi) is 9.56. The van der Waals surface area contributed by atoms with Crippen LogP contribution >= 0.6 is 0 Å². The predicted octanol–water partition coefficient (Wildman–Crippen LogP) is 6.20. The quantitative estimate of drug-likeness (QED) is 0.170. The van der Waals surface area contributed by atoms with Crippen molar-refractivity contribution in [3.63, 3.8) is 0 Å². The van der Waals surface area contributed by atoms with E-state index in [4.69, 9.17) is 9.47 Å². The summed E-state index contributed by atoms with van der Waals surface area (Å²) in [6, 6.07) is 38.4. The second kappa shape index (κ2) is 13.7. The molecule has 0 fully saturated rings. The Morgan fingerprint density at radius 2 is 1.02 bits per heavy atom. The molecule has 5 aromatic rings. The molecule has 0 heterocycles. The SMILES string of the molecule is O=S(=O)(NCCc1ccc(OCc2ccccc2)c(OCc2ccccc2)c1)c1cccc(S(=O)(=O)c2ccccc2)c1. The molecule has 0 unspecified atom stereocenters. The molecule has 0 saturated carbocycles. The summed E-state index contributed by atoms with van der Waals surface area (Å²) < 4.78 is 67.0. The maximum Gasteiger partial charge on any atom is 0.240 e. The number of rotatable bonds is 13. The second-order valence-electron chi connectivity index (χ2n) is 9.77. The van der Waals surface area contributed by atoms with Gasteiger partial charge in [0.25, 0.3) is 0 Å². The highest BCUT2D eigenvalue weighted by molar-refractivity contribution is 7.91. The molecule has 0 aromatic heterocycles. The Morgan fingerprint density at radius 3 is 1.65 bits per heavy atom. The van der Waals surface area contributed by atoms with Crippen LogP contribution in [-0.2, 0) is 39.5 Å². The topological polar surface area (TPSA) is 98.8 Å². The van der Waals surface area contributed by atoms with E-state index in [-0.39, 0.29) is 21.2 Å². The van der Waals surface area contributed by atoms with Gasteiger partial charge in [-0.05, 0) is 65.6 Å².